The van der Waals surface area contributed by atoms with Crippen LogP contribution in [0.2, 0.25) is 0 Å². The lowest BCUT2D eigenvalue weighted by atomic mass is 10.0. The molecule has 0 N–H and O–H groups in total. The summed E-state index contributed by atoms with van der Waals surface area (Å²) >= 11 is 0. The summed E-state index contributed by atoms with van der Waals surface area (Å²) in [5.41, 5.74) is -0.600. The van der Waals surface area contributed by atoms with Crippen molar-refractivity contribution in [1.82, 2.24) is 0 Å². The fourth-order valence-electron chi connectivity index (χ4n) is 1.50. The molecule has 1 aromatic carbocycles. The van der Waals surface area contributed by atoms with Crippen molar-refractivity contribution in [2.24, 2.45) is 0 Å². The second kappa shape index (κ2) is 5.63. The summed E-state index contributed by atoms with van der Waals surface area (Å²) in [7, 11) is 0. The minimum Gasteiger partial charge on any atom is -0.290 e. The molecule has 1 nitrogen and oxygen atoms in total. The minimum absolute atomic E-state index is 0.00819. The lowest BCUT2D eigenvalue weighted by Gasteiger charge is -2.09. The van der Waals surface area contributed by atoms with Crippen LogP contribution in [-0.2, 0) is 17.4 Å². The van der Waals surface area contributed by atoms with Crippen LogP contribution in [0.1, 0.15) is 24.0 Å². The van der Waals surface area contributed by atoms with Gasteiger partial charge in [0.15, 0.2) is 0 Å². The molecule has 0 bridgehead atoms. The quantitative estimate of drug-likeness (QED) is 0.759. The fraction of sp³-hybridized carbons (Fsp3) is 0.417. The third-order valence-electron chi connectivity index (χ3n) is 2.44. The number of benzene rings is 1. The van der Waals surface area contributed by atoms with Crippen molar-refractivity contribution in [1.29, 1.82) is 0 Å². The molecule has 0 saturated carbocycles. The van der Waals surface area contributed by atoms with Crippen molar-refractivity contribution < 1.29 is 31.1 Å². The SMILES string of the molecule is O=C(CCCc1cccc(C(F)(F)F)c1)C(F)(F)F. The molecule has 0 fully saturated rings. The van der Waals surface area contributed by atoms with Gasteiger partial charge in [-0.1, -0.05) is 18.2 Å². The number of Topliss-reactive ketones (excluding diaryl/α,β-unsaturated/α-hetero) is 1. The molecule has 7 heteroatoms. The van der Waals surface area contributed by atoms with E-state index in [4.69, 9.17) is 0 Å². The molecular formula is C12H10F6O. The zero-order valence-electron chi connectivity index (χ0n) is 9.61. The van der Waals surface area contributed by atoms with Gasteiger partial charge in [-0.05, 0) is 24.5 Å². The van der Waals surface area contributed by atoms with Crippen LogP contribution in [0.4, 0.5) is 26.3 Å². The first-order valence-corrected chi connectivity index (χ1v) is 5.37. The zero-order chi connectivity index (χ0) is 14.7. The normalized spacial score (nSPS) is 12.5. The van der Waals surface area contributed by atoms with Crippen molar-refractivity contribution in [3.63, 3.8) is 0 Å². The molecule has 0 atom stereocenters. The highest BCUT2D eigenvalue weighted by atomic mass is 19.4. The Kier molecular flexibility index (Phi) is 4.60. The highest BCUT2D eigenvalue weighted by Gasteiger charge is 2.37. The van der Waals surface area contributed by atoms with Crippen molar-refractivity contribution in [2.45, 2.75) is 31.6 Å². The highest BCUT2D eigenvalue weighted by molar-refractivity contribution is 5.83. The van der Waals surface area contributed by atoms with Gasteiger partial charge in [0.25, 0.3) is 0 Å². The van der Waals surface area contributed by atoms with Crippen molar-refractivity contribution in [2.75, 3.05) is 0 Å². The molecular weight excluding hydrogens is 274 g/mol. The number of hydrogen-bond acceptors (Lipinski definition) is 1. The van der Waals surface area contributed by atoms with E-state index < -0.39 is 30.1 Å². The third-order valence-corrected chi connectivity index (χ3v) is 2.44. The number of carbonyl (C=O) groups is 1. The first-order chi connectivity index (χ1) is 8.60. The van der Waals surface area contributed by atoms with Crippen LogP contribution >= 0.6 is 0 Å². The summed E-state index contributed by atoms with van der Waals surface area (Å²) in [5.74, 6) is -1.86. The minimum atomic E-state index is -4.88. The Bertz CT molecular complexity index is 446. The van der Waals surface area contributed by atoms with E-state index in [1.807, 2.05) is 0 Å². The Balaban J connectivity index is 2.58. The number of rotatable bonds is 4. The van der Waals surface area contributed by atoms with Gasteiger partial charge < -0.3 is 0 Å². The molecule has 19 heavy (non-hydrogen) atoms. The zero-order valence-corrected chi connectivity index (χ0v) is 9.61. The summed E-state index contributed by atoms with van der Waals surface area (Å²) < 4.78 is 72.8. The maximum absolute atomic E-state index is 12.4. The van der Waals surface area contributed by atoms with Crippen LogP contribution in [0.3, 0.4) is 0 Å². The van der Waals surface area contributed by atoms with Crippen LogP contribution < -0.4 is 0 Å². The molecule has 0 aliphatic rings. The molecule has 106 valence electrons. The highest BCUT2D eigenvalue weighted by Crippen LogP contribution is 2.30. The van der Waals surface area contributed by atoms with Gasteiger partial charge in [0.05, 0.1) is 5.56 Å². The standard InChI is InChI=1S/C12H10F6O/c13-11(14,15)9-5-1-3-8(7-9)4-2-6-10(19)12(16,17)18/h1,3,5,7H,2,4,6H2. The van der Waals surface area contributed by atoms with Gasteiger partial charge in [-0.25, -0.2) is 0 Å². The topological polar surface area (TPSA) is 17.1 Å². The Morgan fingerprint density at radius 2 is 1.68 bits per heavy atom. The van der Waals surface area contributed by atoms with Gasteiger partial charge in [0.1, 0.15) is 0 Å². The average molecular weight is 284 g/mol. The maximum Gasteiger partial charge on any atom is 0.449 e. The van der Waals surface area contributed by atoms with Crippen molar-refractivity contribution >= 4 is 5.78 Å². The molecule has 0 aliphatic carbocycles. The van der Waals surface area contributed by atoms with Crippen LogP contribution in [0.25, 0.3) is 0 Å². The van der Waals surface area contributed by atoms with Crippen LogP contribution in [0.5, 0.6) is 0 Å². The maximum atomic E-state index is 12.4. The number of carbonyl (C=O) groups excluding carboxylic acids is 1. The Morgan fingerprint density at radius 3 is 2.21 bits per heavy atom. The predicted octanol–water partition coefficient (Wildman–Crippen LogP) is 4.16. The van der Waals surface area contributed by atoms with E-state index in [1.54, 1.807) is 0 Å². The summed E-state index contributed by atoms with van der Waals surface area (Å²) in [6.07, 6.45) is -10.2. The number of ketones is 1. The van der Waals surface area contributed by atoms with Gasteiger partial charge >= 0.3 is 12.4 Å². The molecule has 0 unspecified atom stereocenters. The van der Waals surface area contributed by atoms with E-state index in [0.717, 1.165) is 12.1 Å². The summed E-state index contributed by atoms with van der Waals surface area (Å²) in [5, 5.41) is 0. The number of alkyl halides is 6. The molecule has 1 rings (SSSR count). The monoisotopic (exact) mass is 284 g/mol. The number of aryl methyl sites for hydroxylation is 1. The van der Waals surface area contributed by atoms with Crippen molar-refractivity contribution in [3.8, 4) is 0 Å². The Hall–Kier alpha value is -1.53. The smallest absolute Gasteiger partial charge is 0.290 e. The summed E-state index contributed by atoms with van der Waals surface area (Å²) in [6, 6.07) is 4.32. The van der Waals surface area contributed by atoms with E-state index in [0.29, 0.717) is 0 Å². The molecule has 0 saturated heterocycles. The largest absolute Gasteiger partial charge is 0.449 e. The van der Waals surface area contributed by atoms with Gasteiger partial charge in [-0.2, -0.15) is 26.3 Å². The van der Waals surface area contributed by atoms with Crippen molar-refractivity contribution in [3.05, 3.63) is 35.4 Å². The van der Waals surface area contributed by atoms with Crippen LogP contribution in [0.15, 0.2) is 24.3 Å². The number of halogens is 6. The molecule has 0 radical (unpaired) electrons. The second-order valence-corrected chi connectivity index (χ2v) is 3.97. The molecule has 0 aromatic heterocycles. The van der Waals surface area contributed by atoms with E-state index in [-0.39, 0.29) is 18.4 Å². The van der Waals surface area contributed by atoms with Gasteiger partial charge in [0.2, 0.25) is 5.78 Å². The third kappa shape index (κ3) is 4.92. The first kappa shape index (κ1) is 15.5. The fourth-order valence-corrected chi connectivity index (χ4v) is 1.50. The lowest BCUT2D eigenvalue weighted by molar-refractivity contribution is -0.171. The Labute approximate surface area is 105 Å². The van der Waals surface area contributed by atoms with Crippen LogP contribution in [0, 0.1) is 0 Å². The molecule has 0 amide bonds. The van der Waals surface area contributed by atoms with E-state index in [2.05, 4.69) is 0 Å². The lowest BCUT2D eigenvalue weighted by Crippen LogP contribution is -2.22. The Morgan fingerprint density at radius 1 is 1.05 bits per heavy atom. The summed E-state index contributed by atoms with van der Waals surface area (Å²) in [4.78, 5) is 10.6. The van der Waals surface area contributed by atoms with Gasteiger partial charge in [-0.3, -0.25) is 4.79 Å². The van der Waals surface area contributed by atoms with Crippen LogP contribution in [-0.4, -0.2) is 12.0 Å². The summed E-state index contributed by atoms with van der Waals surface area (Å²) in [6.45, 7) is 0. The molecule has 0 heterocycles. The number of hydrogen-bond donors (Lipinski definition) is 0. The first-order valence-electron chi connectivity index (χ1n) is 5.37. The van der Waals surface area contributed by atoms with E-state index >= 15 is 0 Å². The predicted molar refractivity (Wildman–Crippen MR) is 55.4 cm³/mol. The molecule has 1 aromatic rings. The van der Waals surface area contributed by atoms with Gasteiger partial charge in [0, 0.05) is 6.42 Å². The molecule has 0 spiro atoms. The van der Waals surface area contributed by atoms with E-state index in [9.17, 15) is 31.1 Å². The average Bonchev–Trinajstić information content (AvgIpc) is 2.27. The van der Waals surface area contributed by atoms with E-state index in [1.165, 1.54) is 12.1 Å². The second-order valence-electron chi connectivity index (χ2n) is 3.97. The van der Waals surface area contributed by atoms with Gasteiger partial charge in [-0.15, -0.1) is 0 Å². The molecule has 0 aliphatic heterocycles.